The normalized spacial score (nSPS) is 14.1. The number of quaternary nitrogens is 1. The molecule has 0 amide bonds. The number of aryl methyl sites for hydroxylation is 1. The summed E-state index contributed by atoms with van der Waals surface area (Å²) in [7, 11) is 6.44. The molecule has 0 saturated heterocycles. The van der Waals surface area contributed by atoms with E-state index in [2.05, 4.69) is 73.3 Å². The number of alkyl halides is 1. The van der Waals surface area contributed by atoms with Crippen LogP contribution in [0, 0.1) is 12.1 Å². The Bertz CT molecular complexity index is 2530. The molecule has 1 atom stereocenters. The van der Waals surface area contributed by atoms with Crippen molar-refractivity contribution in [1.29, 1.82) is 0 Å². The van der Waals surface area contributed by atoms with Crippen molar-refractivity contribution in [3.8, 4) is 17.1 Å². The average Bonchev–Trinajstić information content (AvgIpc) is 3.63. The molecule has 8 aromatic rings. The molecule has 0 saturated carbocycles. The predicted octanol–water partition coefficient (Wildman–Crippen LogP) is 9.75. The van der Waals surface area contributed by atoms with E-state index in [4.69, 9.17) is 9.97 Å². The van der Waals surface area contributed by atoms with Crippen LogP contribution in [0.3, 0.4) is 0 Å². The standard InChI is InChI=1S/C40H29FN5S.Pd/c1-44-32-17-5-4-16-31(32)43-39(44)27-13-8-11-25(23-27)36(41)26-12-9-14-28(24-26)45-37-29(30-15-10-22-42-40(30)45)20-21-34-38(37)47-35-19-7-6-18-33(35)46(34,2)3;/h4-22,36H,1-3H3;/q-1;+2. The minimum Gasteiger partial charge on any atom is -0.367 e. The number of rotatable bonds is 4. The summed E-state index contributed by atoms with van der Waals surface area (Å²) in [5.41, 5.74) is 8.62. The number of halogens is 1. The fourth-order valence-electron chi connectivity index (χ4n) is 6.98. The van der Waals surface area contributed by atoms with Gasteiger partial charge >= 0.3 is 20.4 Å². The Labute approximate surface area is 295 Å². The van der Waals surface area contributed by atoms with Crippen molar-refractivity contribution in [2.45, 2.75) is 16.0 Å². The molecule has 1 aliphatic rings. The molecule has 0 fully saturated rings. The first-order valence-electron chi connectivity index (χ1n) is 15.5. The van der Waals surface area contributed by atoms with Crippen LogP contribution in [0.4, 0.5) is 15.8 Å². The number of pyridine rings is 1. The molecule has 0 radical (unpaired) electrons. The maximum absolute atomic E-state index is 16.5. The van der Waals surface area contributed by atoms with Crippen LogP contribution < -0.4 is 4.48 Å². The molecule has 8 heteroatoms. The molecular weight excluding hydrogens is 708 g/mol. The van der Waals surface area contributed by atoms with Crippen LogP contribution in [-0.2, 0) is 27.5 Å². The number of benzene rings is 5. The number of hydrogen-bond acceptors (Lipinski definition) is 3. The van der Waals surface area contributed by atoms with Crippen LogP contribution in [0.25, 0.3) is 50.0 Å². The molecule has 0 spiro atoms. The summed E-state index contributed by atoms with van der Waals surface area (Å²) < 4.78 is 21.3. The summed E-state index contributed by atoms with van der Waals surface area (Å²) >= 11 is 1.78. The van der Waals surface area contributed by atoms with Gasteiger partial charge in [-0.3, -0.25) is 9.47 Å². The van der Waals surface area contributed by atoms with Gasteiger partial charge in [0.15, 0.2) is 11.4 Å². The topological polar surface area (TPSA) is 35.6 Å². The summed E-state index contributed by atoms with van der Waals surface area (Å²) in [4.78, 5) is 12.0. The van der Waals surface area contributed by atoms with E-state index in [1.807, 2.05) is 72.4 Å². The largest absolute Gasteiger partial charge is 2.00 e. The Hall–Kier alpha value is -4.58. The van der Waals surface area contributed by atoms with Crippen molar-refractivity contribution in [3.05, 3.63) is 139 Å². The van der Waals surface area contributed by atoms with Gasteiger partial charge in [0.25, 0.3) is 0 Å². The van der Waals surface area contributed by atoms with Gasteiger partial charge in [0.1, 0.15) is 11.8 Å². The van der Waals surface area contributed by atoms with Gasteiger partial charge in [-0.05, 0) is 36.4 Å². The molecule has 9 rings (SSSR count). The number of imidazole rings is 1. The molecule has 48 heavy (non-hydrogen) atoms. The van der Waals surface area contributed by atoms with Crippen molar-refractivity contribution < 1.29 is 24.8 Å². The SMILES string of the molecule is Cn1c(-c2[c-]c(C(F)c3[c-]c(-n4c5ncccc5c5ccc6c(c54)Sc4ccccc4[N+]6(C)C)ccc3)ccc2)nc2ccccc21.[Pd+2]. The summed E-state index contributed by atoms with van der Waals surface area (Å²) in [6, 6.07) is 43.2. The first kappa shape index (κ1) is 30.7. The van der Waals surface area contributed by atoms with Crippen molar-refractivity contribution >= 4 is 56.1 Å². The van der Waals surface area contributed by atoms with Crippen LogP contribution in [0.5, 0.6) is 0 Å². The third-order valence-corrected chi connectivity index (χ3v) is 10.5. The zero-order valence-electron chi connectivity index (χ0n) is 26.4. The zero-order chi connectivity index (χ0) is 31.9. The van der Waals surface area contributed by atoms with Gasteiger partial charge < -0.3 is 9.13 Å². The van der Waals surface area contributed by atoms with Crippen molar-refractivity contribution in [2.24, 2.45) is 7.05 Å². The minimum absolute atomic E-state index is 0. The molecule has 236 valence electrons. The third kappa shape index (κ3) is 4.59. The summed E-state index contributed by atoms with van der Waals surface area (Å²) in [5.74, 6) is 0.750. The van der Waals surface area contributed by atoms with Gasteiger partial charge in [-0.25, -0.2) is 9.37 Å². The summed E-state index contributed by atoms with van der Waals surface area (Å²) in [6.07, 6.45) is 0.382. The van der Waals surface area contributed by atoms with E-state index in [0.717, 1.165) is 50.0 Å². The Morgan fingerprint density at radius 1 is 0.771 bits per heavy atom. The maximum Gasteiger partial charge on any atom is 2.00 e. The molecule has 0 bridgehead atoms. The third-order valence-electron chi connectivity index (χ3n) is 9.34. The second kappa shape index (κ2) is 11.5. The number of fused-ring (bicyclic) bond motifs is 7. The van der Waals surface area contributed by atoms with E-state index < -0.39 is 6.17 Å². The van der Waals surface area contributed by atoms with Crippen LogP contribution >= 0.6 is 11.8 Å². The van der Waals surface area contributed by atoms with Crippen molar-refractivity contribution in [3.63, 3.8) is 0 Å². The van der Waals surface area contributed by atoms with Crippen LogP contribution in [-0.4, -0.2) is 33.2 Å². The monoisotopic (exact) mass is 736 g/mol. The predicted molar refractivity (Wildman–Crippen MR) is 189 cm³/mol. The Balaban J connectivity index is 0.00000336. The molecule has 1 aliphatic heterocycles. The van der Waals surface area contributed by atoms with Gasteiger partial charge in [0, 0.05) is 36.1 Å². The van der Waals surface area contributed by atoms with Crippen molar-refractivity contribution in [2.75, 3.05) is 14.1 Å². The summed E-state index contributed by atoms with van der Waals surface area (Å²) in [5, 5.41) is 2.16. The van der Waals surface area contributed by atoms with E-state index in [-0.39, 0.29) is 20.4 Å². The first-order valence-corrected chi connectivity index (χ1v) is 16.4. The van der Waals surface area contributed by atoms with Crippen molar-refractivity contribution in [1.82, 2.24) is 23.6 Å². The van der Waals surface area contributed by atoms with Crippen LogP contribution in [0.15, 0.2) is 125 Å². The number of para-hydroxylation sites is 3. The average molecular weight is 737 g/mol. The first-order chi connectivity index (χ1) is 22.9. The van der Waals surface area contributed by atoms with E-state index in [1.165, 1.54) is 21.2 Å². The quantitative estimate of drug-likeness (QED) is 0.103. The van der Waals surface area contributed by atoms with Gasteiger partial charge in [-0.1, -0.05) is 47.3 Å². The van der Waals surface area contributed by atoms with Crippen LogP contribution in [0.1, 0.15) is 17.3 Å². The number of hydrogen-bond donors (Lipinski definition) is 0. The molecular formula is C40H29FN5PdS+. The second-order valence-electron chi connectivity index (χ2n) is 12.4. The maximum atomic E-state index is 16.5. The smallest absolute Gasteiger partial charge is 0.367 e. The van der Waals surface area contributed by atoms with E-state index in [9.17, 15) is 0 Å². The Morgan fingerprint density at radius 2 is 1.54 bits per heavy atom. The minimum atomic E-state index is -1.43. The Morgan fingerprint density at radius 3 is 2.40 bits per heavy atom. The van der Waals surface area contributed by atoms with Gasteiger partial charge in [-0.15, -0.1) is 41.5 Å². The number of aromatic nitrogens is 4. The molecule has 0 N–H and O–H groups in total. The van der Waals surface area contributed by atoms with Gasteiger partial charge in [0.05, 0.1) is 46.3 Å². The van der Waals surface area contributed by atoms with E-state index >= 15 is 4.39 Å². The number of nitrogens with zero attached hydrogens (tertiary/aromatic N) is 5. The van der Waals surface area contributed by atoms with Crippen LogP contribution in [0.2, 0.25) is 0 Å². The Kier molecular flexibility index (Phi) is 7.39. The molecule has 5 nitrogen and oxygen atoms in total. The second-order valence-corrected chi connectivity index (χ2v) is 13.5. The molecule has 0 aliphatic carbocycles. The fourth-order valence-corrected chi connectivity index (χ4v) is 8.45. The van der Waals surface area contributed by atoms with E-state index in [1.54, 1.807) is 23.9 Å². The van der Waals surface area contributed by atoms with E-state index in [0.29, 0.717) is 15.6 Å². The molecule has 3 aromatic heterocycles. The summed E-state index contributed by atoms with van der Waals surface area (Å²) in [6.45, 7) is 0. The fraction of sp³-hybridized carbons (Fsp3) is 0.100. The zero-order valence-corrected chi connectivity index (χ0v) is 28.8. The molecule has 5 aromatic carbocycles. The van der Waals surface area contributed by atoms with Gasteiger partial charge in [-0.2, -0.15) is 18.2 Å². The molecule has 1 unspecified atom stereocenters. The molecule has 4 heterocycles. The van der Waals surface area contributed by atoms with Gasteiger partial charge in [0.2, 0.25) is 0 Å².